The minimum absolute atomic E-state index is 0.260. The van der Waals surface area contributed by atoms with Crippen molar-refractivity contribution in [3.63, 3.8) is 0 Å². The number of halogens is 2. The average molecular weight is 439 g/mol. The smallest absolute Gasteiger partial charge is 0.255 e. The van der Waals surface area contributed by atoms with Gasteiger partial charge in [-0.3, -0.25) is 4.79 Å². The van der Waals surface area contributed by atoms with Crippen molar-refractivity contribution in [1.29, 1.82) is 0 Å². The van der Waals surface area contributed by atoms with E-state index in [1.165, 1.54) is 5.56 Å². The number of nitrogens with zero attached hydrogens (tertiary/aromatic N) is 1. The summed E-state index contributed by atoms with van der Waals surface area (Å²) in [6.45, 7) is 6.15. The molecular formula is C24H20Cl2N2O2. The van der Waals surface area contributed by atoms with Gasteiger partial charge in [0, 0.05) is 16.3 Å². The SMILES string of the molecule is Cc1ccc(C(=O)Nc2ccc(Cl)c(-c3nc4cc(C(C)C)ccc4o3)c2)cc1Cl. The number of benzene rings is 3. The molecule has 0 bridgehead atoms. The summed E-state index contributed by atoms with van der Waals surface area (Å²) in [5.41, 5.74) is 5.24. The summed E-state index contributed by atoms with van der Waals surface area (Å²) in [5, 5.41) is 3.91. The lowest BCUT2D eigenvalue weighted by Gasteiger charge is -2.08. The first kappa shape index (κ1) is 20.5. The zero-order valence-corrected chi connectivity index (χ0v) is 18.3. The van der Waals surface area contributed by atoms with Crippen molar-refractivity contribution >= 4 is 45.9 Å². The Morgan fingerprint density at radius 3 is 2.53 bits per heavy atom. The van der Waals surface area contributed by atoms with E-state index in [4.69, 9.17) is 27.6 Å². The summed E-state index contributed by atoms with van der Waals surface area (Å²) < 4.78 is 5.92. The molecule has 4 aromatic rings. The van der Waals surface area contributed by atoms with Crippen LogP contribution in [0.3, 0.4) is 0 Å². The lowest BCUT2D eigenvalue weighted by molar-refractivity contribution is 0.102. The van der Waals surface area contributed by atoms with Crippen LogP contribution in [0.2, 0.25) is 10.0 Å². The maximum atomic E-state index is 12.6. The van der Waals surface area contributed by atoms with Crippen LogP contribution in [-0.2, 0) is 0 Å². The molecule has 30 heavy (non-hydrogen) atoms. The van der Waals surface area contributed by atoms with Crippen LogP contribution in [0, 0.1) is 6.92 Å². The number of fused-ring (bicyclic) bond motifs is 1. The quantitative estimate of drug-likeness (QED) is 0.359. The number of hydrogen-bond donors (Lipinski definition) is 1. The first-order valence-corrected chi connectivity index (χ1v) is 10.4. The number of aromatic nitrogens is 1. The summed E-state index contributed by atoms with van der Waals surface area (Å²) in [7, 11) is 0. The monoisotopic (exact) mass is 438 g/mol. The number of carbonyl (C=O) groups is 1. The normalized spacial score (nSPS) is 11.3. The number of carbonyl (C=O) groups excluding carboxylic acids is 1. The molecule has 0 aliphatic rings. The predicted octanol–water partition coefficient (Wildman–Crippen LogP) is 7.49. The van der Waals surface area contributed by atoms with Crippen molar-refractivity contribution in [2.75, 3.05) is 5.32 Å². The van der Waals surface area contributed by atoms with Crippen molar-refractivity contribution < 1.29 is 9.21 Å². The lowest BCUT2D eigenvalue weighted by Crippen LogP contribution is -2.12. The third kappa shape index (κ3) is 4.07. The number of hydrogen-bond acceptors (Lipinski definition) is 3. The third-order valence-corrected chi connectivity index (χ3v) is 5.70. The van der Waals surface area contributed by atoms with Gasteiger partial charge in [0.15, 0.2) is 5.58 Å². The van der Waals surface area contributed by atoms with Crippen LogP contribution in [0.25, 0.3) is 22.6 Å². The molecule has 0 fully saturated rings. The minimum Gasteiger partial charge on any atom is -0.436 e. The zero-order chi connectivity index (χ0) is 21.4. The Morgan fingerprint density at radius 1 is 1.00 bits per heavy atom. The Labute approximate surface area is 184 Å². The molecule has 0 unspecified atom stereocenters. The minimum atomic E-state index is -0.260. The highest BCUT2D eigenvalue weighted by atomic mass is 35.5. The summed E-state index contributed by atoms with van der Waals surface area (Å²) >= 11 is 12.5. The second kappa shape index (κ2) is 8.13. The molecule has 0 radical (unpaired) electrons. The van der Waals surface area contributed by atoms with Gasteiger partial charge in [-0.05, 0) is 66.4 Å². The first-order chi connectivity index (χ1) is 14.3. The number of nitrogens with one attached hydrogen (secondary N) is 1. The Balaban J connectivity index is 1.65. The van der Waals surface area contributed by atoms with E-state index >= 15 is 0 Å². The molecule has 1 amide bonds. The Hall–Kier alpha value is -2.82. The Kier molecular flexibility index (Phi) is 5.54. The highest BCUT2D eigenvalue weighted by Gasteiger charge is 2.15. The van der Waals surface area contributed by atoms with E-state index in [-0.39, 0.29) is 5.91 Å². The highest BCUT2D eigenvalue weighted by Crippen LogP contribution is 2.33. The van der Waals surface area contributed by atoms with Crippen LogP contribution in [0.15, 0.2) is 59.0 Å². The Morgan fingerprint density at radius 2 is 1.80 bits per heavy atom. The van der Waals surface area contributed by atoms with E-state index in [9.17, 15) is 4.79 Å². The standard InChI is InChI=1S/C24H20Cl2N2O2/c1-13(2)15-6-9-22-21(11-15)28-24(30-22)18-12-17(7-8-19(18)25)27-23(29)16-5-4-14(3)20(26)10-16/h4-13H,1-3H3,(H,27,29). The molecule has 0 saturated heterocycles. The van der Waals surface area contributed by atoms with Gasteiger partial charge in [0.1, 0.15) is 5.52 Å². The zero-order valence-electron chi connectivity index (χ0n) is 16.8. The van der Waals surface area contributed by atoms with Gasteiger partial charge in [-0.2, -0.15) is 0 Å². The van der Waals surface area contributed by atoms with Crippen LogP contribution >= 0.6 is 23.2 Å². The van der Waals surface area contributed by atoms with Crippen molar-refractivity contribution in [2.45, 2.75) is 26.7 Å². The molecule has 1 aromatic heterocycles. The van der Waals surface area contributed by atoms with Crippen molar-refractivity contribution in [2.24, 2.45) is 0 Å². The summed E-state index contributed by atoms with van der Waals surface area (Å²) in [6.07, 6.45) is 0. The lowest BCUT2D eigenvalue weighted by atomic mass is 10.0. The molecule has 0 spiro atoms. The fourth-order valence-electron chi connectivity index (χ4n) is 3.12. The van der Waals surface area contributed by atoms with Gasteiger partial charge >= 0.3 is 0 Å². The highest BCUT2D eigenvalue weighted by molar-refractivity contribution is 6.33. The van der Waals surface area contributed by atoms with Gasteiger partial charge in [0.25, 0.3) is 5.91 Å². The van der Waals surface area contributed by atoms with Crippen LogP contribution in [0.4, 0.5) is 5.69 Å². The van der Waals surface area contributed by atoms with Crippen molar-refractivity contribution in [1.82, 2.24) is 4.98 Å². The van der Waals surface area contributed by atoms with Crippen LogP contribution < -0.4 is 5.32 Å². The van der Waals surface area contributed by atoms with Crippen LogP contribution in [0.1, 0.15) is 41.3 Å². The fraction of sp³-hybridized carbons (Fsp3) is 0.167. The number of anilines is 1. The third-order valence-electron chi connectivity index (χ3n) is 4.97. The van der Waals surface area contributed by atoms with Gasteiger partial charge in [-0.1, -0.05) is 49.2 Å². The van der Waals surface area contributed by atoms with Gasteiger partial charge < -0.3 is 9.73 Å². The van der Waals surface area contributed by atoms with Gasteiger partial charge in [-0.15, -0.1) is 0 Å². The number of rotatable bonds is 4. The maximum Gasteiger partial charge on any atom is 0.255 e. The molecule has 1 heterocycles. The van der Waals surface area contributed by atoms with Crippen LogP contribution in [0.5, 0.6) is 0 Å². The van der Waals surface area contributed by atoms with E-state index in [1.54, 1.807) is 30.3 Å². The fourth-order valence-corrected chi connectivity index (χ4v) is 3.50. The average Bonchev–Trinajstić information content (AvgIpc) is 3.14. The van der Waals surface area contributed by atoms with Crippen LogP contribution in [-0.4, -0.2) is 10.9 Å². The van der Waals surface area contributed by atoms with Crippen molar-refractivity contribution in [3.8, 4) is 11.5 Å². The van der Waals surface area contributed by atoms with Gasteiger partial charge in [0.2, 0.25) is 5.89 Å². The molecule has 4 nitrogen and oxygen atoms in total. The molecule has 1 N–H and O–H groups in total. The van der Waals surface area contributed by atoms with Gasteiger partial charge in [0.05, 0.1) is 10.6 Å². The molecule has 0 atom stereocenters. The molecule has 6 heteroatoms. The largest absolute Gasteiger partial charge is 0.436 e. The van der Waals surface area contributed by atoms with E-state index in [1.807, 2.05) is 31.2 Å². The predicted molar refractivity (Wildman–Crippen MR) is 123 cm³/mol. The number of aryl methyl sites for hydroxylation is 1. The second-order valence-corrected chi connectivity index (χ2v) is 8.33. The van der Waals surface area contributed by atoms with Crippen molar-refractivity contribution in [3.05, 3.63) is 81.3 Å². The summed E-state index contributed by atoms with van der Waals surface area (Å²) in [5.74, 6) is 0.543. The van der Waals surface area contributed by atoms with E-state index < -0.39 is 0 Å². The Bertz CT molecular complexity index is 1260. The molecule has 4 rings (SSSR count). The maximum absolute atomic E-state index is 12.6. The molecule has 0 aliphatic carbocycles. The number of oxazole rings is 1. The topological polar surface area (TPSA) is 55.1 Å². The molecule has 0 aliphatic heterocycles. The molecule has 3 aromatic carbocycles. The molecular weight excluding hydrogens is 419 g/mol. The first-order valence-electron chi connectivity index (χ1n) is 9.60. The summed E-state index contributed by atoms with van der Waals surface area (Å²) in [6, 6.07) is 16.4. The molecule has 152 valence electrons. The number of amides is 1. The molecule has 0 saturated carbocycles. The van der Waals surface area contributed by atoms with E-state index in [0.717, 1.165) is 11.1 Å². The van der Waals surface area contributed by atoms with E-state index in [2.05, 4.69) is 24.1 Å². The second-order valence-electron chi connectivity index (χ2n) is 7.51. The van der Waals surface area contributed by atoms with E-state index in [0.29, 0.717) is 44.3 Å². The summed E-state index contributed by atoms with van der Waals surface area (Å²) in [4.78, 5) is 17.2. The van der Waals surface area contributed by atoms with Gasteiger partial charge in [-0.25, -0.2) is 4.98 Å².